The van der Waals surface area contributed by atoms with Crippen molar-refractivity contribution in [3.05, 3.63) is 0 Å². The van der Waals surface area contributed by atoms with Crippen LogP contribution in [-0.2, 0) is 14.3 Å². The van der Waals surface area contributed by atoms with E-state index in [2.05, 4.69) is 0 Å². The highest BCUT2D eigenvalue weighted by molar-refractivity contribution is 5.89. The average Bonchev–Trinajstić information content (AvgIpc) is 2.53. The second-order valence-electron chi connectivity index (χ2n) is 7.06. The summed E-state index contributed by atoms with van der Waals surface area (Å²) in [6.07, 6.45) is 1.69. The fraction of sp³-hybridized carbons (Fsp3) is 0.933. The maximum absolute atomic E-state index is 13.0. The number of fused-ring (bicyclic) bond motifs is 1. The van der Waals surface area contributed by atoms with Crippen molar-refractivity contribution in [1.29, 1.82) is 0 Å². The molecule has 0 radical (unpaired) electrons. The molecule has 2 saturated heterocycles. The lowest BCUT2D eigenvalue weighted by molar-refractivity contribution is -0.232. The molecule has 2 heterocycles. The maximum atomic E-state index is 13.0. The van der Waals surface area contributed by atoms with Crippen LogP contribution in [0.2, 0.25) is 0 Å². The number of hydrogen-bond donors (Lipinski definition) is 2. The fourth-order valence-corrected chi connectivity index (χ4v) is 4.29. The highest BCUT2D eigenvalue weighted by Crippen LogP contribution is 2.58. The lowest BCUT2D eigenvalue weighted by Crippen LogP contribution is -2.82. The van der Waals surface area contributed by atoms with Gasteiger partial charge < -0.3 is 25.2 Å². The number of ether oxygens (including phenoxy) is 2. The molecule has 3 fully saturated rings. The predicted molar refractivity (Wildman–Crippen MR) is 76.6 cm³/mol. The number of nitrogens with two attached hydrogens (primary N) is 1. The summed E-state index contributed by atoms with van der Waals surface area (Å²) in [5.74, 6) is 0.0881. The van der Waals surface area contributed by atoms with E-state index in [9.17, 15) is 9.90 Å². The molecule has 4 unspecified atom stereocenters. The summed E-state index contributed by atoms with van der Waals surface area (Å²) in [6.45, 7) is 6.17. The van der Waals surface area contributed by atoms with Gasteiger partial charge in [0.05, 0.1) is 25.4 Å². The molecule has 3 aliphatic rings. The third kappa shape index (κ3) is 2.04. The summed E-state index contributed by atoms with van der Waals surface area (Å²) in [4.78, 5) is 14.8. The van der Waals surface area contributed by atoms with Crippen LogP contribution in [0.15, 0.2) is 0 Å². The Kier molecular flexibility index (Phi) is 3.76. The number of hydrogen-bond acceptors (Lipinski definition) is 5. The zero-order valence-corrected chi connectivity index (χ0v) is 12.9. The van der Waals surface area contributed by atoms with Gasteiger partial charge in [0.1, 0.15) is 5.54 Å². The zero-order valence-electron chi connectivity index (χ0n) is 12.9. The average molecular weight is 298 g/mol. The van der Waals surface area contributed by atoms with Crippen LogP contribution < -0.4 is 5.73 Å². The van der Waals surface area contributed by atoms with Crippen molar-refractivity contribution in [2.45, 2.75) is 44.4 Å². The van der Waals surface area contributed by atoms with Gasteiger partial charge in [-0.1, -0.05) is 13.8 Å². The summed E-state index contributed by atoms with van der Waals surface area (Å²) in [5, 5.41) is 9.24. The third-order valence-electron chi connectivity index (χ3n) is 5.67. The Hall–Kier alpha value is -0.690. The van der Waals surface area contributed by atoms with Crippen LogP contribution in [-0.4, -0.2) is 66.6 Å². The number of amides is 1. The van der Waals surface area contributed by atoms with E-state index in [1.54, 1.807) is 4.90 Å². The van der Waals surface area contributed by atoms with Crippen LogP contribution in [0, 0.1) is 11.3 Å². The minimum atomic E-state index is -0.866. The first-order chi connectivity index (χ1) is 9.92. The molecule has 1 amide bonds. The molecule has 2 aliphatic heterocycles. The van der Waals surface area contributed by atoms with E-state index in [0.717, 1.165) is 19.4 Å². The van der Waals surface area contributed by atoms with Gasteiger partial charge in [-0.15, -0.1) is 0 Å². The van der Waals surface area contributed by atoms with Gasteiger partial charge in [-0.2, -0.15) is 0 Å². The molecule has 1 saturated carbocycles. The van der Waals surface area contributed by atoms with Gasteiger partial charge in [0, 0.05) is 31.0 Å². The topological polar surface area (TPSA) is 85.0 Å². The van der Waals surface area contributed by atoms with Gasteiger partial charge >= 0.3 is 0 Å². The molecular formula is C15H26N2O4. The van der Waals surface area contributed by atoms with Gasteiger partial charge in [0.15, 0.2) is 0 Å². The maximum Gasteiger partial charge on any atom is 0.243 e. The van der Waals surface area contributed by atoms with E-state index < -0.39 is 5.54 Å². The van der Waals surface area contributed by atoms with E-state index >= 15 is 0 Å². The minimum Gasteiger partial charge on any atom is -0.394 e. The number of carbonyl (C=O) groups excluding carboxylic acids is 1. The predicted octanol–water partition coefficient (Wildman–Crippen LogP) is -0.261. The monoisotopic (exact) mass is 298 g/mol. The summed E-state index contributed by atoms with van der Waals surface area (Å²) >= 11 is 0. The Labute approximate surface area is 125 Å². The standard InChI is InChI=1S/C15H26N2O4/c1-14(2)12-11(4-3-6-21-12)15(14,16)13(19)17-5-7-20-10(8-17)9-18/h10-12,18H,3-9,16H2,1-2H3. The second kappa shape index (κ2) is 5.19. The largest absolute Gasteiger partial charge is 0.394 e. The summed E-state index contributed by atoms with van der Waals surface area (Å²) in [5.41, 5.74) is 5.40. The van der Waals surface area contributed by atoms with E-state index in [0.29, 0.717) is 19.7 Å². The van der Waals surface area contributed by atoms with E-state index in [1.807, 2.05) is 13.8 Å². The lowest BCUT2D eigenvalue weighted by atomic mass is 9.46. The number of rotatable bonds is 2. The Bertz CT molecular complexity index is 428. The first-order valence-corrected chi connectivity index (χ1v) is 7.85. The molecule has 0 aromatic heterocycles. The second-order valence-corrected chi connectivity index (χ2v) is 7.06. The first-order valence-electron chi connectivity index (χ1n) is 7.85. The summed E-state index contributed by atoms with van der Waals surface area (Å²) in [6, 6.07) is 0. The number of morpholine rings is 1. The molecule has 1 aliphatic carbocycles. The smallest absolute Gasteiger partial charge is 0.243 e. The lowest BCUT2D eigenvalue weighted by Gasteiger charge is -2.66. The van der Waals surface area contributed by atoms with Crippen LogP contribution in [0.4, 0.5) is 0 Å². The SMILES string of the molecule is CC1(C)C2OCCCC2C1(N)C(=O)N1CCOC(CO)C1. The molecule has 3 rings (SSSR count). The number of aliphatic hydroxyl groups excluding tert-OH is 1. The zero-order chi connectivity index (χ0) is 15.3. The van der Waals surface area contributed by atoms with Crippen LogP contribution in [0.3, 0.4) is 0 Å². The molecule has 3 N–H and O–H groups in total. The van der Waals surface area contributed by atoms with Crippen molar-refractivity contribution < 1.29 is 19.4 Å². The van der Waals surface area contributed by atoms with Crippen LogP contribution >= 0.6 is 0 Å². The molecule has 6 nitrogen and oxygen atoms in total. The number of carbonyl (C=O) groups is 1. The Morgan fingerprint density at radius 3 is 2.86 bits per heavy atom. The minimum absolute atomic E-state index is 0.0130. The van der Waals surface area contributed by atoms with Crippen molar-refractivity contribution in [1.82, 2.24) is 4.90 Å². The van der Waals surface area contributed by atoms with Gasteiger partial charge in [-0.25, -0.2) is 0 Å². The fourth-order valence-electron chi connectivity index (χ4n) is 4.29. The molecule has 0 aromatic carbocycles. The van der Waals surface area contributed by atoms with Crippen molar-refractivity contribution >= 4 is 5.91 Å². The summed E-state index contributed by atoms with van der Waals surface area (Å²) in [7, 11) is 0. The molecule has 0 aromatic rings. The molecule has 0 bridgehead atoms. The van der Waals surface area contributed by atoms with Crippen molar-refractivity contribution in [2.75, 3.05) is 32.9 Å². The highest BCUT2D eigenvalue weighted by atomic mass is 16.5. The van der Waals surface area contributed by atoms with Crippen molar-refractivity contribution in [2.24, 2.45) is 17.1 Å². The molecule has 21 heavy (non-hydrogen) atoms. The highest BCUT2D eigenvalue weighted by Gasteiger charge is 2.70. The van der Waals surface area contributed by atoms with E-state index in [-0.39, 0.29) is 36.1 Å². The first kappa shape index (κ1) is 15.2. The number of nitrogens with zero attached hydrogens (tertiary/aromatic N) is 1. The molecule has 120 valence electrons. The Morgan fingerprint density at radius 2 is 2.14 bits per heavy atom. The number of aliphatic hydroxyl groups is 1. The van der Waals surface area contributed by atoms with Crippen LogP contribution in [0.1, 0.15) is 26.7 Å². The molecule has 0 spiro atoms. The van der Waals surface area contributed by atoms with E-state index in [1.165, 1.54) is 0 Å². The van der Waals surface area contributed by atoms with Crippen molar-refractivity contribution in [3.8, 4) is 0 Å². The van der Waals surface area contributed by atoms with Crippen LogP contribution in [0.5, 0.6) is 0 Å². The molecular weight excluding hydrogens is 272 g/mol. The van der Waals surface area contributed by atoms with Gasteiger partial charge in [0.2, 0.25) is 5.91 Å². The quantitative estimate of drug-likeness (QED) is 0.733. The van der Waals surface area contributed by atoms with E-state index in [4.69, 9.17) is 15.2 Å². The van der Waals surface area contributed by atoms with Gasteiger partial charge in [-0.3, -0.25) is 4.79 Å². The summed E-state index contributed by atoms with van der Waals surface area (Å²) < 4.78 is 11.3. The Balaban J connectivity index is 1.79. The Morgan fingerprint density at radius 1 is 1.38 bits per heavy atom. The van der Waals surface area contributed by atoms with Gasteiger partial charge in [-0.05, 0) is 12.8 Å². The van der Waals surface area contributed by atoms with Crippen molar-refractivity contribution in [3.63, 3.8) is 0 Å². The van der Waals surface area contributed by atoms with Crippen LogP contribution in [0.25, 0.3) is 0 Å². The molecule has 4 atom stereocenters. The molecule has 6 heteroatoms. The normalized spacial score (nSPS) is 42.1. The third-order valence-corrected chi connectivity index (χ3v) is 5.67. The van der Waals surface area contributed by atoms with Gasteiger partial charge in [0.25, 0.3) is 0 Å².